The molecule has 4 heterocycles. The number of ether oxygens (including phenoxy) is 1. The summed E-state index contributed by atoms with van der Waals surface area (Å²) in [5, 5.41) is 8.03. The van der Waals surface area contributed by atoms with Crippen molar-refractivity contribution >= 4 is 0 Å². The molecule has 2 aliphatic heterocycles. The van der Waals surface area contributed by atoms with Gasteiger partial charge in [-0.1, -0.05) is 0 Å². The van der Waals surface area contributed by atoms with Gasteiger partial charge in [-0.25, -0.2) is 0 Å². The number of piperidine rings is 1. The van der Waals surface area contributed by atoms with Gasteiger partial charge in [-0.2, -0.15) is 5.10 Å². The zero-order chi connectivity index (χ0) is 15.6. The number of furan rings is 1. The number of nitrogens with zero attached hydrogens (tertiary/aromatic N) is 3. The molecule has 124 valence electrons. The number of methoxy groups -OCH3 is 1. The first-order chi connectivity index (χ1) is 11.3. The second kappa shape index (κ2) is 6.47. The predicted octanol–water partition coefficient (Wildman–Crippen LogP) is 2.06. The summed E-state index contributed by atoms with van der Waals surface area (Å²) in [7, 11) is 1.69. The fourth-order valence-corrected chi connectivity index (χ4v) is 3.67. The molecule has 1 N–H and O–H groups in total. The van der Waals surface area contributed by atoms with Crippen LogP contribution in [-0.4, -0.2) is 34.9 Å². The van der Waals surface area contributed by atoms with Crippen LogP contribution in [0.1, 0.15) is 41.7 Å². The summed E-state index contributed by atoms with van der Waals surface area (Å²) >= 11 is 0. The van der Waals surface area contributed by atoms with Gasteiger partial charge in [-0.05, 0) is 25.0 Å². The van der Waals surface area contributed by atoms with Crippen LogP contribution in [0.25, 0.3) is 0 Å². The minimum absolute atomic E-state index is 0.538. The van der Waals surface area contributed by atoms with Crippen molar-refractivity contribution in [2.75, 3.05) is 20.2 Å². The second-order valence-electron chi connectivity index (χ2n) is 6.47. The minimum Gasteiger partial charge on any atom is -0.462 e. The number of nitrogens with one attached hydrogen (secondary N) is 1. The van der Waals surface area contributed by atoms with E-state index < -0.39 is 0 Å². The summed E-state index contributed by atoms with van der Waals surface area (Å²) in [6, 6.07) is 4.61. The van der Waals surface area contributed by atoms with Gasteiger partial charge in [0.2, 0.25) is 0 Å². The Morgan fingerprint density at radius 2 is 2.09 bits per heavy atom. The summed E-state index contributed by atoms with van der Waals surface area (Å²) in [6.45, 7) is 5.54. The van der Waals surface area contributed by atoms with Crippen molar-refractivity contribution < 1.29 is 9.15 Å². The molecule has 0 spiro atoms. The lowest BCUT2D eigenvalue weighted by Crippen LogP contribution is -2.34. The van der Waals surface area contributed by atoms with E-state index in [2.05, 4.69) is 26.1 Å². The highest BCUT2D eigenvalue weighted by Crippen LogP contribution is 2.27. The Bertz CT molecular complexity index is 655. The first-order valence-corrected chi connectivity index (χ1v) is 8.38. The first-order valence-electron chi connectivity index (χ1n) is 8.38. The molecule has 1 fully saturated rings. The smallest absolute Gasteiger partial charge is 0.129 e. The van der Waals surface area contributed by atoms with Crippen LogP contribution in [0.2, 0.25) is 0 Å². The standard InChI is InChI=1S/C17H24N4O2/c1-22-12-16-3-2-15(23-16)11-20-6-4-14(5-7-20)21-17-10-18-8-13(17)9-19-21/h2-3,9,14,18H,4-8,10-12H2,1H3. The van der Waals surface area contributed by atoms with Gasteiger partial charge in [0.15, 0.2) is 0 Å². The zero-order valence-corrected chi connectivity index (χ0v) is 13.6. The topological polar surface area (TPSA) is 55.5 Å². The van der Waals surface area contributed by atoms with Gasteiger partial charge in [0, 0.05) is 38.9 Å². The van der Waals surface area contributed by atoms with E-state index in [1.165, 1.54) is 11.3 Å². The minimum atomic E-state index is 0.538. The summed E-state index contributed by atoms with van der Waals surface area (Å²) in [5.41, 5.74) is 2.76. The van der Waals surface area contributed by atoms with Gasteiger partial charge < -0.3 is 14.5 Å². The zero-order valence-electron chi connectivity index (χ0n) is 13.6. The quantitative estimate of drug-likeness (QED) is 0.915. The first kappa shape index (κ1) is 14.9. The van der Waals surface area contributed by atoms with Crippen LogP contribution >= 0.6 is 0 Å². The van der Waals surface area contributed by atoms with E-state index >= 15 is 0 Å². The molecule has 23 heavy (non-hydrogen) atoms. The Labute approximate surface area is 136 Å². The van der Waals surface area contributed by atoms with Crippen molar-refractivity contribution in [2.45, 2.75) is 45.1 Å². The SMILES string of the molecule is COCc1ccc(CN2CCC(n3ncc4c3CNC4)CC2)o1. The van der Waals surface area contributed by atoms with E-state index in [0.717, 1.165) is 57.1 Å². The average Bonchev–Trinajstić information content (AvgIpc) is 3.25. The van der Waals surface area contributed by atoms with E-state index in [9.17, 15) is 0 Å². The molecule has 0 bridgehead atoms. The molecule has 1 saturated heterocycles. The number of fused-ring (bicyclic) bond motifs is 1. The fourth-order valence-electron chi connectivity index (χ4n) is 3.67. The highest BCUT2D eigenvalue weighted by atomic mass is 16.5. The molecular formula is C17H24N4O2. The third-order valence-corrected chi connectivity index (χ3v) is 4.88. The highest BCUT2D eigenvalue weighted by Gasteiger charge is 2.26. The molecule has 4 rings (SSSR count). The van der Waals surface area contributed by atoms with Crippen LogP contribution in [0.15, 0.2) is 22.7 Å². The van der Waals surface area contributed by atoms with Gasteiger partial charge in [-0.15, -0.1) is 0 Å². The lowest BCUT2D eigenvalue weighted by atomic mass is 10.0. The van der Waals surface area contributed by atoms with Gasteiger partial charge in [0.25, 0.3) is 0 Å². The van der Waals surface area contributed by atoms with E-state index in [1.54, 1.807) is 7.11 Å². The van der Waals surface area contributed by atoms with Gasteiger partial charge in [0.1, 0.15) is 18.1 Å². The molecular weight excluding hydrogens is 292 g/mol. The molecule has 6 nitrogen and oxygen atoms in total. The van der Waals surface area contributed by atoms with E-state index in [4.69, 9.17) is 9.15 Å². The van der Waals surface area contributed by atoms with E-state index in [-0.39, 0.29) is 0 Å². The van der Waals surface area contributed by atoms with E-state index in [0.29, 0.717) is 12.6 Å². The van der Waals surface area contributed by atoms with Gasteiger partial charge in [0.05, 0.1) is 24.5 Å². The van der Waals surface area contributed by atoms with Crippen LogP contribution in [0, 0.1) is 0 Å². The summed E-state index contributed by atoms with van der Waals surface area (Å²) < 4.78 is 13.2. The number of aromatic nitrogens is 2. The highest BCUT2D eigenvalue weighted by molar-refractivity contribution is 5.22. The van der Waals surface area contributed by atoms with Gasteiger partial charge in [-0.3, -0.25) is 9.58 Å². The largest absolute Gasteiger partial charge is 0.462 e. The van der Waals surface area contributed by atoms with Crippen molar-refractivity contribution in [3.05, 3.63) is 41.1 Å². The summed E-state index contributed by atoms with van der Waals surface area (Å²) in [5.74, 6) is 1.93. The lowest BCUT2D eigenvalue weighted by molar-refractivity contribution is 0.147. The van der Waals surface area contributed by atoms with Crippen molar-refractivity contribution in [1.29, 1.82) is 0 Å². The molecule has 0 amide bonds. The number of hydrogen-bond acceptors (Lipinski definition) is 5. The predicted molar refractivity (Wildman–Crippen MR) is 85.7 cm³/mol. The Morgan fingerprint density at radius 3 is 2.91 bits per heavy atom. The molecule has 0 aromatic carbocycles. The van der Waals surface area contributed by atoms with Crippen LogP contribution < -0.4 is 5.32 Å². The maximum Gasteiger partial charge on any atom is 0.129 e. The van der Waals surface area contributed by atoms with Gasteiger partial charge >= 0.3 is 0 Å². The summed E-state index contributed by atoms with van der Waals surface area (Å²) in [6.07, 6.45) is 4.33. The number of hydrogen-bond donors (Lipinski definition) is 1. The molecule has 2 aromatic rings. The maximum atomic E-state index is 5.79. The Balaban J connectivity index is 1.33. The maximum absolute atomic E-state index is 5.79. The second-order valence-corrected chi connectivity index (χ2v) is 6.47. The third-order valence-electron chi connectivity index (χ3n) is 4.88. The monoisotopic (exact) mass is 316 g/mol. The van der Waals surface area contributed by atoms with Crippen molar-refractivity contribution in [2.24, 2.45) is 0 Å². The lowest BCUT2D eigenvalue weighted by Gasteiger charge is -2.32. The molecule has 6 heteroatoms. The van der Waals surface area contributed by atoms with Crippen LogP contribution in [0.5, 0.6) is 0 Å². The number of likely N-dealkylation sites (tertiary alicyclic amines) is 1. The number of rotatable bonds is 5. The van der Waals surface area contributed by atoms with Crippen LogP contribution in [-0.2, 0) is 31.0 Å². The average molecular weight is 316 g/mol. The van der Waals surface area contributed by atoms with Crippen molar-refractivity contribution in [1.82, 2.24) is 20.0 Å². The van der Waals surface area contributed by atoms with Crippen LogP contribution in [0.3, 0.4) is 0 Å². The Hall–Kier alpha value is -1.63. The van der Waals surface area contributed by atoms with E-state index in [1.807, 2.05) is 12.3 Å². The molecule has 2 aromatic heterocycles. The molecule has 0 radical (unpaired) electrons. The summed E-state index contributed by atoms with van der Waals surface area (Å²) in [4.78, 5) is 2.47. The fraction of sp³-hybridized carbons (Fsp3) is 0.588. The molecule has 0 aliphatic carbocycles. The van der Waals surface area contributed by atoms with Crippen molar-refractivity contribution in [3.63, 3.8) is 0 Å². The third kappa shape index (κ3) is 3.06. The van der Waals surface area contributed by atoms with Crippen LogP contribution in [0.4, 0.5) is 0 Å². The molecule has 2 aliphatic rings. The Morgan fingerprint density at radius 1 is 1.26 bits per heavy atom. The van der Waals surface area contributed by atoms with Crippen molar-refractivity contribution in [3.8, 4) is 0 Å². The normalized spacial score (nSPS) is 19.3. The molecule has 0 unspecified atom stereocenters. The Kier molecular flexibility index (Phi) is 4.20. The molecule has 0 saturated carbocycles. The molecule has 0 atom stereocenters.